The van der Waals surface area contributed by atoms with Crippen LogP contribution in [0.25, 0.3) is 5.57 Å². The van der Waals surface area contributed by atoms with Gasteiger partial charge in [0.2, 0.25) is 0 Å². The van der Waals surface area contributed by atoms with E-state index in [1.54, 1.807) is 0 Å². The normalized spacial score (nSPS) is 15.7. The first-order valence-corrected chi connectivity index (χ1v) is 6.25. The summed E-state index contributed by atoms with van der Waals surface area (Å²) in [5, 5.41) is 0. The van der Waals surface area contributed by atoms with Crippen LogP contribution in [-0.2, 0) is 0 Å². The SMILES string of the molecule is C1=CCCCCC(c2ccccc2)=C1.F[B-](F)(F)F. The van der Waals surface area contributed by atoms with Crippen LogP contribution in [0, 0.1) is 0 Å². The van der Waals surface area contributed by atoms with E-state index in [9.17, 15) is 17.3 Å². The van der Waals surface area contributed by atoms with Crippen molar-refractivity contribution in [2.45, 2.75) is 25.7 Å². The second kappa shape index (κ2) is 7.82. The molecule has 0 spiro atoms. The summed E-state index contributed by atoms with van der Waals surface area (Å²) < 4.78 is 39.0. The van der Waals surface area contributed by atoms with Gasteiger partial charge in [-0.25, -0.2) is 0 Å². The first-order valence-electron chi connectivity index (χ1n) is 6.25. The van der Waals surface area contributed by atoms with E-state index in [0.29, 0.717) is 0 Å². The van der Waals surface area contributed by atoms with Gasteiger partial charge in [0.25, 0.3) is 0 Å². The number of rotatable bonds is 1. The molecule has 0 saturated heterocycles. The third kappa shape index (κ3) is 8.24. The predicted octanol–water partition coefficient (Wildman–Crippen LogP) is 5.50. The molecule has 2 rings (SSSR count). The van der Waals surface area contributed by atoms with E-state index in [1.807, 2.05) is 0 Å². The summed E-state index contributed by atoms with van der Waals surface area (Å²) in [4.78, 5) is 0. The minimum Gasteiger partial charge on any atom is -0.418 e. The van der Waals surface area contributed by atoms with Crippen LogP contribution in [0.5, 0.6) is 0 Å². The average molecular weight is 271 g/mol. The summed E-state index contributed by atoms with van der Waals surface area (Å²) in [7, 11) is -6.00. The maximum Gasteiger partial charge on any atom is 0.673 e. The van der Waals surface area contributed by atoms with Crippen molar-refractivity contribution in [1.82, 2.24) is 0 Å². The lowest BCUT2D eigenvalue weighted by Crippen LogP contribution is -2.02. The van der Waals surface area contributed by atoms with Crippen molar-refractivity contribution < 1.29 is 17.3 Å². The van der Waals surface area contributed by atoms with E-state index in [1.165, 1.54) is 36.8 Å². The van der Waals surface area contributed by atoms with Gasteiger partial charge in [-0.3, -0.25) is 0 Å². The number of benzene rings is 1. The summed E-state index contributed by atoms with van der Waals surface area (Å²) in [6.07, 6.45) is 11.8. The van der Waals surface area contributed by atoms with Gasteiger partial charge >= 0.3 is 7.25 Å². The zero-order valence-electron chi connectivity index (χ0n) is 10.5. The van der Waals surface area contributed by atoms with Crippen LogP contribution in [0.4, 0.5) is 17.3 Å². The molecule has 5 heteroatoms. The largest absolute Gasteiger partial charge is 0.673 e. The highest BCUT2D eigenvalue weighted by atomic mass is 19.5. The molecule has 0 aromatic heterocycles. The van der Waals surface area contributed by atoms with Gasteiger partial charge in [0.1, 0.15) is 0 Å². The van der Waals surface area contributed by atoms with Crippen LogP contribution in [0.1, 0.15) is 31.2 Å². The molecule has 0 amide bonds. The topological polar surface area (TPSA) is 0 Å². The van der Waals surface area contributed by atoms with Crippen molar-refractivity contribution in [1.29, 1.82) is 0 Å². The van der Waals surface area contributed by atoms with Crippen LogP contribution in [0.3, 0.4) is 0 Å². The van der Waals surface area contributed by atoms with Crippen molar-refractivity contribution in [3.05, 3.63) is 54.1 Å². The highest BCUT2D eigenvalue weighted by Crippen LogP contribution is 2.22. The Morgan fingerprint density at radius 2 is 1.53 bits per heavy atom. The molecule has 0 aliphatic heterocycles. The van der Waals surface area contributed by atoms with Crippen molar-refractivity contribution in [3.63, 3.8) is 0 Å². The molecule has 0 unspecified atom stereocenters. The van der Waals surface area contributed by atoms with Gasteiger partial charge < -0.3 is 17.3 Å². The quantitative estimate of drug-likeness (QED) is 0.467. The Morgan fingerprint density at radius 1 is 0.895 bits per heavy atom. The van der Waals surface area contributed by atoms with Gasteiger partial charge in [0.05, 0.1) is 0 Å². The number of hydrogen-bond donors (Lipinski definition) is 0. The van der Waals surface area contributed by atoms with Crippen molar-refractivity contribution in [2.75, 3.05) is 0 Å². The molecule has 1 aromatic rings. The minimum atomic E-state index is -6.00. The fourth-order valence-electron chi connectivity index (χ4n) is 1.83. The summed E-state index contributed by atoms with van der Waals surface area (Å²) in [6.45, 7) is 0. The van der Waals surface area contributed by atoms with E-state index < -0.39 is 7.25 Å². The van der Waals surface area contributed by atoms with Crippen molar-refractivity contribution in [3.8, 4) is 0 Å². The molecule has 0 heterocycles. The van der Waals surface area contributed by atoms with Crippen molar-refractivity contribution >= 4 is 12.8 Å². The van der Waals surface area contributed by atoms with Gasteiger partial charge in [-0.1, -0.05) is 48.6 Å². The minimum absolute atomic E-state index is 1.22. The fourth-order valence-corrected chi connectivity index (χ4v) is 1.83. The van der Waals surface area contributed by atoms with Gasteiger partial charge in [0.15, 0.2) is 0 Å². The van der Waals surface area contributed by atoms with Crippen LogP contribution in [0.15, 0.2) is 48.6 Å². The molecule has 0 radical (unpaired) electrons. The van der Waals surface area contributed by atoms with Crippen LogP contribution in [-0.4, -0.2) is 7.25 Å². The molecule has 19 heavy (non-hydrogen) atoms. The Bertz CT molecular complexity index is 415. The Labute approximate surface area is 110 Å². The highest BCUT2D eigenvalue weighted by molar-refractivity contribution is 6.50. The molecule has 0 nitrogen and oxygen atoms in total. The van der Waals surface area contributed by atoms with E-state index in [0.717, 1.165) is 0 Å². The molecule has 0 N–H and O–H groups in total. The highest BCUT2D eigenvalue weighted by Gasteiger charge is 2.20. The molecule has 0 fully saturated rings. The van der Waals surface area contributed by atoms with Gasteiger partial charge in [-0.15, -0.1) is 0 Å². The van der Waals surface area contributed by atoms with E-state index in [-0.39, 0.29) is 0 Å². The van der Waals surface area contributed by atoms with Crippen LogP contribution in [0.2, 0.25) is 0 Å². The maximum atomic E-state index is 9.75. The van der Waals surface area contributed by atoms with Gasteiger partial charge in [-0.2, -0.15) is 0 Å². The summed E-state index contributed by atoms with van der Waals surface area (Å²) in [6, 6.07) is 10.7. The Morgan fingerprint density at radius 3 is 2.16 bits per heavy atom. The Kier molecular flexibility index (Phi) is 6.40. The molecular formula is C14H16BF4-. The lowest BCUT2D eigenvalue weighted by molar-refractivity contribution is 0.368. The first kappa shape index (κ1) is 15.5. The zero-order chi connectivity index (χ0) is 14.1. The standard InChI is InChI=1S/C14H16.BF4/c1-2-5-9-13(10-6-3-1)14-11-7-4-8-12-14;2-1(3,4)5/h2,4-5,7-9,11-12H,1,3,6,10H2;/q;-1. The lowest BCUT2D eigenvalue weighted by Gasteiger charge is -2.08. The second-order valence-electron chi connectivity index (χ2n) is 4.23. The van der Waals surface area contributed by atoms with Crippen molar-refractivity contribution in [2.24, 2.45) is 0 Å². The maximum absolute atomic E-state index is 9.75. The second-order valence-corrected chi connectivity index (χ2v) is 4.23. The zero-order valence-corrected chi connectivity index (χ0v) is 10.5. The Hall–Kier alpha value is -1.52. The molecule has 1 aromatic carbocycles. The Balaban J connectivity index is 0.000000312. The van der Waals surface area contributed by atoms with E-state index in [4.69, 9.17) is 0 Å². The fraction of sp³-hybridized carbons (Fsp3) is 0.286. The molecule has 1 aliphatic carbocycles. The van der Waals surface area contributed by atoms with E-state index in [2.05, 4.69) is 48.6 Å². The number of halogens is 4. The molecule has 1 aliphatic rings. The third-order valence-corrected chi connectivity index (χ3v) is 2.64. The summed E-state index contributed by atoms with van der Waals surface area (Å²) in [5.41, 5.74) is 2.85. The molecule has 0 bridgehead atoms. The number of allylic oxidation sites excluding steroid dienone is 4. The molecule has 0 atom stereocenters. The smallest absolute Gasteiger partial charge is 0.418 e. The van der Waals surface area contributed by atoms with Crippen LogP contribution < -0.4 is 0 Å². The predicted molar refractivity (Wildman–Crippen MR) is 72.2 cm³/mol. The lowest BCUT2D eigenvalue weighted by atomic mass is 9.97. The first-order chi connectivity index (χ1) is 8.97. The van der Waals surface area contributed by atoms with Gasteiger partial charge in [-0.05, 0) is 36.8 Å². The molecule has 0 saturated carbocycles. The monoisotopic (exact) mass is 271 g/mol. The van der Waals surface area contributed by atoms with E-state index >= 15 is 0 Å². The summed E-state index contributed by atoms with van der Waals surface area (Å²) >= 11 is 0. The number of hydrogen-bond acceptors (Lipinski definition) is 0. The summed E-state index contributed by atoms with van der Waals surface area (Å²) in [5.74, 6) is 0. The van der Waals surface area contributed by atoms with Crippen LogP contribution >= 0.6 is 0 Å². The van der Waals surface area contributed by atoms with Gasteiger partial charge in [0, 0.05) is 0 Å². The molecule has 104 valence electrons. The average Bonchev–Trinajstić information content (AvgIpc) is 2.27. The molecular weight excluding hydrogens is 255 g/mol. The third-order valence-electron chi connectivity index (χ3n) is 2.64.